The number of piperidine rings is 1. The van der Waals surface area contributed by atoms with Gasteiger partial charge in [-0.15, -0.1) is 12.3 Å². The van der Waals surface area contributed by atoms with Gasteiger partial charge in [0.2, 0.25) is 11.8 Å². The lowest BCUT2D eigenvalue weighted by Gasteiger charge is -2.51. The summed E-state index contributed by atoms with van der Waals surface area (Å²) in [6.07, 6.45) is 5.71. The molecule has 5 rings (SSSR count). The second-order valence-electron chi connectivity index (χ2n) is 8.05. The van der Waals surface area contributed by atoms with E-state index in [9.17, 15) is 19.2 Å². The third-order valence-electron chi connectivity index (χ3n) is 6.31. The number of carbonyl (C=O) groups is 4. The standard InChI is InChI=1S/C21H20N4O4/c1-2-12-8-23(9-12)14-10-24(11-14)13-3-4-15-16(7-13)21(29)25(20(15)28)17-5-6-18(26)22-19(17)27/h1,3-4,7,12,14,17H,5-6,8-11H2,(H,22,26,27). The average Bonchev–Trinajstić information content (AvgIpc) is 2.87. The molecule has 3 fully saturated rings. The van der Waals surface area contributed by atoms with E-state index in [4.69, 9.17) is 6.42 Å². The van der Waals surface area contributed by atoms with Gasteiger partial charge in [-0.3, -0.25) is 34.3 Å². The van der Waals surface area contributed by atoms with Crippen LogP contribution in [-0.2, 0) is 9.59 Å². The van der Waals surface area contributed by atoms with Crippen molar-refractivity contribution in [3.8, 4) is 12.3 Å². The first-order valence-electron chi connectivity index (χ1n) is 9.77. The molecule has 1 atom stereocenters. The van der Waals surface area contributed by atoms with Crippen LogP contribution in [0.25, 0.3) is 0 Å². The lowest BCUT2D eigenvalue weighted by molar-refractivity contribution is -0.136. The third-order valence-corrected chi connectivity index (χ3v) is 6.31. The Morgan fingerprint density at radius 1 is 1.00 bits per heavy atom. The summed E-state index contributed by atoms with van der Waals surface area (Å²) in [5, 5.41) is 2.21. The zero-order valence-electron chi connectivity index (χ0n) is 15.8. The third kappa shape index (κ3) is 2.73. The van der Waals surface area contributed by atoms with Gasteiger partial charge >= 0.3 is 0 Å². The van der Waals surface area contributed by atoms with Crippen LogP contribution in [0.4, 0.5) is 5.69 Å². The average molecular weight is 392 g/mol. The van der Waals surface area contributed by atoms with Crippen molar-refractivity contribution in [3.63, 3.8) is 0 Å². The van der Waals surface area contributed by atoms with Crippen molar-refractivity contribution >= 4 is 29.3 Å². The van der Waals surface area contributed by atoms with Crippen molar-refractivity contribution in [1.82, 2.24) is 15.1 Å². The number of hydrogen-bond donors (Lipinski definition) is 1. The summed E-state index contributed by atoms with van der Waals surface area (Å²) in [5.41, 5.74) is 1.51. The highest BCUT2D eigenvalue weighted by Crippen LogP contribution is 2.33. The van der Waals surface area contributed by atoms with Crippen LogP contribution in [0.1, 0.15) is 33.6 Å². The van der Waals surface area contributed by atoms with E-state index in [0.29, 0.717) is 23.1 Å². The summed E-state index contributed by atoms with van der Waals surface area (Å²) in [6, 6.07) is 4.76. The molecule has 8 nitrogen and oxygen atoms in total. The minimum Gasteiger partial charge on any atom is -0.368 e. The number of rotatable bonds is 3. The molecule has 29 heavy (non-hydrogen) atoms. The van der Waals surface area contributed by atoms with Crippen molar-refractivity contribution in [3.05, 3.63) is 29.3 Å². The molecule has 0 saturated carbocycles. The van der Waals surface area contributed by atoms with E-state index in [1.807, 2.05) is 6.07 Å². The van der Waals surface area contributed by atoms with Crippen LogP contribution in [0, 0.1) is 18.3 Å². The number of fused-ring (bicyclic) bond motifs is 1. The zero-order chi connectivity index (χ0) is 20.3. The summed E-state index contributed by atoms with van der Waals surface area (Å²) in [7, 11) is 0. The Bertz CT molecular complexity index is 985. The Kier molecular flexibility index (Phi) is 3.96. The van der Waals surface area contributed by atoms with Crippen LogP contribution >= 0.6 is 0 Å². The lowest BCUT2D eigenvalue weighted by atomic mass is 9.94. The Labute approximate surface area is 167 Å². The van der Waals surface area contributed by atoms with E-state index >= 15 is 0 Å². The number of terminal acetylenes is 1. The van der Waals surface area contributed by atoms with Gasteiger partial charge in [-0.1, -0.05) is 0 Å². The van der Waals surface area contributed by atoms with Crippen molar-refractivity contribution < 1.29 is 19.2 Å². The van der Waals surface area contributed by atoms with Gasteiger partial charge in [-0.2, -0.15) is 0 Å². The number of nitrogens with one attached hydrogen (secondary N) is 1. The van der Waals surface area contributed by atoms with E-state index < -0.39 is 23.8 Å². The van der Waals surface area contributed by atoms with Crippen molar-refractivity contribution in [2.45, 2.75) is 24.9 Å². The molecule has 4 amide bonds. The van der Waals surface area contributed by atoms with E-state index in [2.05, 4.69) is 21.0 Å². The maximum absolute atomic E-state index is 12.9. The van der Waals surface area contributed by atoms with E-state index in [1.54, 1.807) is 12.1 Å². The molecule has 0 spiro atoms. The Morgan fingerprint density at radius 3 is 2.41 bits per heavy atom. The fourth-order valence-electron chi connectivity index (χ4n) is 4.47. The number of benzene rings is 1. The molecule has 4 aliphatic heterocycles. The van der Waals surface area contributed by atoms with Crippen LogP contribution in [0.3, 0.4) is 0 Å². The second-order valence-corrected chi connectivity index (χ2v) is 8.05. The monoisotopic (exact) mass is 392 g/mol. The van der Waals surface area contributed by atoms with Crippen LogP contribution < -0.4 is 10.2 Å². The highest BCUT2D eigenvalue weighted by molar-refractivity contribution is 6.23. The molecule has 1 unspecified atom stereocenters. The van der Waals surface area contributed by atoms with Gasteiger partial charge in [-0.05, 0) is 24.6 Å². The van der Waals surface area contributed by atoms with Crippen LogP contribution in [0.2, 0.25) is 0 Å². The summed E-state index contributed by atoms with van der Waals surface area (Å²) in [4.78, 5) is 54.7. The van der Waals surface area contributed by atoms with Gasteiger partial charge < -0.3 is 4.90 Å². The first-order chi connectivity index (χ1) is 14.0. The molecule has 3 saturated heterocycles. The van der Waals surface area contributed by atoms with E-state index in [1.165, 1.54) is 0 Å². The molecule has 0 aromatic heterocycles. The lowest BCUT2D eigenvalue weighted by Crippen LogP contribution is -2.65. The fraction of sp³-hybridized carbons (Fsp3) is 0.429. The number of anilines is 1. The fourth-order valence-corrected chi connectivity index (χ4v) is 4.47. The molecule has 0 radical (unpaired) electrons. The highest BCUT2D eigenvalue weighted by Gasteiger charge is 2.45. The molecular formula is C21H20N4O4. The van der Waals surface area contributed by atoms with Gasteiger partial charge in [-0.25, -0.2) is 0 Å². The number of imide groups is 2. The van der Waals surface area contributed by atoms with Gasteiger partial charge in [0, 0.05) is 50.2 Å². The number of likely N-dealkylation sites (tertiary alicyclic amines) is 1. The molecule has 0 aliphatic carbocycles. The van der Waals surface area contributed by atoms with Crippen LogP contribution in [-0.4, -0.2) is 71.7 Å². The first-order valence-corrected chi connectivity index (χ1v) is 9.77. The Hall–Kier alpha value is -3.18. The predicted octanol–water partition coefficient (Wildman–Crippen LogP) is -0.159. The quantitative estimate of drug-likeness (QED) is 0.568. The summed E-state index contributed by atoms with van der Waals surface area (Å²) < 4.78 is 0. The van der Waals surface area contributed by atoms with Gasteiger partial charge in [0.15, 0.2) is 0 Å². The van der Waals surface area contributed by atoms with Crippen LogP contribution in [0.5, 0.6) is 0 Å². The van der Waals surface area contributed by atoms with E-state index in [0.717, 1.165) is 36.8 Å². The molecule has 4 aliphatic rings. The minimum atomic E-state index is -0.938. The molecule has 1 aromatic carbocycles. The maximum atomic E-state index is 12.9. The van der Waals surface area contributed by atoms with Crippen molar-refractivity contribution in [1.29, 1.82) is 0 Å². The molecule has 1 aromatic rings. The van der Waals surface area contributed by atoms with Gasteiger partial charge in [0.25, 0.3) is 11.8 Å². The molecule has 8 heteroatoms. The summed E-state index contributed by atoms with van der Waals surface area (Å²) >= 11 is 0. The summed E-state index contributed by atoms with van der Waals surface area (Å²) in [6.45, 7) is 3.59. The zero-order valence-corrected chi connectivity index (χ0v) is 15.8. The number of nitrogens with zero attached hydrogens (tertiary/aromatic N) is 3. The topological polar surface area (TPSA) is 90.0 Å². The Morgan fingerprint density at radius 2 is 1.72 bits per heavy atom. The van der Waals surface area contributed by atoms with Gasteiger partial charge in [0.05, 0.1) is 11.1 Å². The van der Waals surface area contributed by atoms with E-state index in [-0.39, 0.29) is 18.7 Å². The first kappa shape index (κ1) is 17.9. The molecule has 148 valence electrons. The normalized spacial score (nSPS) is 25.4. The molecule has 1 N–H and O–H groups in total. The largest absolute Gasteiger partial charge is 0.368 e. The highest BCUT2D eigenvalue weighted by atomic mass is 16.2. The Balaban J connectivity index is 1.30. The second kappa shape index (κ2) is 6.42. The number of hydrogen-bond acceptors (Lipinski definition) is 6. The molecular weight excluding hydrogens is 372 g/mol. The predicted molar refractivity (Wildman–Crippen MR) is 103 cm³/mol. The minimum absolute atomic E-state index is 0.112. The SMILES string of the molecule is C#CC1CN(C2CN(c3ccc4c(c3)C(=O)N(C3CCC(=O)NC3=O)C4=O)C2)C1. The number of amides is 4. The van der Waals surface area contributed by atoms with Gasteiger partial charge in [0.1, 0.15) is 6.04 Å². The smallest absolute Gasteiger partial charge is 0.262 e. The molecule has 0 bridgehead atoms. The summed E-state index contributed by atoms with van der Waals surface area (Å²) in [5.74, 6) is 1.20. The van der Waals surface area contributed by atoms with Crippen LogP contribution in [0.15, 0.2) is 18.2 Å². The van der Waals surface area contributed by atoms with Crippen molar-refractivity contribution in [2.24, 2.45) is 5.92 Å². The number of carbonyl (C=O) groups excluding carboxylic acids is 4. The van der Waals surface area contributed by atoms with Crippen molar-refractivity contribution in [2.75, 3.05) is 31.1 Å². The molecule has 4 heterocycles. The maximum Gasteiger partial charge on any atom is 0.262 e.